The van der Waals surface area contributed by atoms with Gasteiger partial charge in [-0.2, -0.15) is 5.10 Å². The Labute approximate surface area is 112 Å². The molecule has 2 aromatic rings. The molecule has 1 aromatic carbocycles. The third-order valence-electron chi connectivity index (χ3n) is 3.11. The summed E-state index contributed by atoms with van der Waals surface area (Å²) in [6, 6.07) is 7.37. The molecule has 0 saturated carbocycles. The first kappa shape index (κ1) is 13.1. The zero-order valence-electron chi connectivity index (χ0n) is 10.6. The van der Waals surface area contributed by atoms with Gasteiger partial charge in [-0.25, -0.2) is 0 Å². The number of hydrogen-bond acceptors (Lipinski definition) is 2. The molecular formula is C14H17ClN2O. The second kappa shape index (κ2) is 5.12. The van der Waals surface area contributed by atoms with Gasteiger partial charge in [-0.3, -0.25) is 4.68 Å². The van der Waals surface area contributed by atoms with Gasteiger partial charge in [0, 0.05) is 18.3 Å². The Kier molecular flexibility index (Phi) is 3.73. The van der Waals surface area contributed by atoms with Crippen molar-refractivity contribution in [1.82, 2.24) is 9.78 Å². The van der Waals surface area contributed by atoms with Crippen LogP contribution in [0.25, 0.3) is 0 Å². The maximum atomic E-state index is 10.5. The number of aryl methyl sites for hydroxylation is 2. The van der Waals surface area contributed by atoms with Gasteiger partial charge in [0.05, 0.1) is 11.8 Å². The number of nitrogens with zero attached hydrogens (tertiary/aromatic N) is 2. The molecule has 2 rings (SSSR count). The molecule has 0 radical (unpaired) electrons. The predicted octanol–water partition coefficient (Wildman–Crippen LogP) is 2.91. The number of aliphatic hydroxyl groups is 1. The smallest absolute Gasteiger partial charge is 0.0872 e. The Hall–Kier alpha value is -1.32. The van der Waals surface area contributed by atoms with E-state index in [4.69, 9.17) is 11.6 Å². The zero-order valence-corrected chi connectivity index (χ0v) is 11.4. The maximum Gasteiger partial charge on any atom is 0.0872 e. The molecule has 4 heteroatoms. The lowest BCUT2D eigenvalue weighted by molar-refractivity contribution is 0.0480. The molecular weight excluding hydrogens is 248 g/mol. The van der Waals surface area contributed by atoms with Crippen molar-refractivity contribution in [1.29, 1.82) is 0 Å². The van der Waals surface area contributed by atoms with Gasteiger partial charge in [0.15, 0.2) is 0 Å². The summed E-state index contributed by atoms with van der Waals surface area (Å²) in [6.07, 6.45) is 5.22. The highest BCUT2D eigenvalue weighted by Crippen LogP contribution is 2.27. The summed E-state index contributed by atoms with van der Waals surface area (Å²) >= 11 is 5.95. The molecule has 0 amide bonds. The number of rotatable bonds is 4. The van der Waals surface area contributed by atoms with Crippen LogP contribution < -0.4 is 0 Å². The van der Waals surface area contributed by atoms with E-state index >= 15 is 0 Å². The van der Waals surface area contributed by atoms with Gasteiger partial charge in [0.2, 0.25) is 0 Å². The number of aromatic nitrogens is 2. The van der Waals surface area contributed by atoms with Crippen molar-refractivity contribution in [2.24, 2.45) is 7.05 Å². The van der Waals surface area contributed by atoms with Crippen LogP contribution in [0.3, 0.4) is 0 Å². The molecule has 1 atom stereocenters. The fourth-order valence-corrected chi connectivity index (χ4v) is 2.15. The van der Waals surface area contributed by atoms with Gasteiger partial charge in [0.25, 0.3) is 0 Å². The van der Waals surface area contributed by atoms with E-state index in [-0.39, 0.29) is 0 Å². The monoisotopic (exact) mass is 264 g/mol. The molecule has 1 unspecified atom stereocenters. The van der Waals surface area contributed by atoms with Crippen LogP contribution in [0, 0.1) is 0 Å². The van der Waals surface area contributed by atoms with E-state index in [2.05, 4.69) is 5.10 Å². The van der Waals surface area contributed by atoms with E-state index in [0.717, 1.165) is 17.5 Å². The molecule has 0 aliphatic heterocycles. The first-order valence-electron chi connectivity index (χ1n) is 5.93. The van der Waals surface area contributed by atoms with Crippen molar-refractivity contribution in [2.45, 2.75) is 25.4 Å². The molecule has 1 aromatic heterocycles. The van der Waals surface area contributed by atoms with Crippen molar-refractivity contribution in [3.63, 3.8) is 0 Å². The van der Waals surface area contributed by atoms with E-state index in [9.17, 15) is 5.11 Å². The molecule has 18 heavy (non-hydrogen) atoms. The minimum atomic E-state index is -0.874. The van der Waals surface area contributed by atoms with Gasteiger partial charge in [0.1, 0.15) is 0 Å². The highest BCUT2D eigenvalue weighted by Gasteiger charge is 2.23. The van der Waals surface area contributed by atoms with Crippen LogP contribution in [-0.4, -0.2) is 14.9 Å². The molecule has 0 bridgehead atoms. The molecule has 1 heterocycles. The highest BCUT2D eigenvalue weighted by molar-refractivity contribution is 6.30. The first-order chi connectivity index (χ1) is 8.47. The summed E-state index contributed by atoms with van der Waals surface area (Å²) in [7, 11) is 1.89. The topological polar surface area (TPSA) is 38.0 Å². The van der Waals surface area contributed by atoms with E-state index in [1.54, 1.807) is 4.68 Å². The Morgan fingerprint density at radius 2 is 2.22 bits per heavy atom. The van der Waals surface area contributed by atoms with E-state index in [1.165, 1.54) is 0 Å². The highest BCUT2D eigenvalue weighted by atomic mass is 35.5. The zero-order chi connectivity index (χ0) is 13.2. The van der Waals surface area contributed by atoms with E-state index in [1.807, 2.05) is 50.6 Å². The van der Waals surface area contributed by atoms with E-state index in [0.29, 0.717) is 11.4 Å². The molecule has 0 fully saturated rings. The lowest BCUT2D eigenvalue weighted by Gasteiger charge is -2.23. The van der Waals surface area contributed by atoms with Crippen LogP contribution in [-0.2, 0) is 19.1 Å². The summed E-state index contributed by atoms with van der Waals surface area (Å²) < 4.78 is 1.77. The van der Waals surface area contributed by atoms with Crippen molar-refractivity contribution in [3.8, 4) is 0 Å². The third kappa shape index (κ3) is 3.12. The van der Waals surface area contributed by atoms with Crippen LogP contribution in [0.1, 0.15) is 24.5 Å². The Morgan fingerprint density at radius 3 is 2.83 bits per heavy atom. The van der Waals surface area contributed by atoms with E-state index < -0.39 is 5.60 Å². The Morgan fingerprint density at radius 1 is 1.44 bits per heavy atom. The normalized spacial score (nSPS) is 14.4. The maximum absolute atomic E-state index is 10.5. The van der Waals surface area contributed by atoms with Crippen LogP contribution in [0.15, 0.2) is 36.7 Å². The fraction of sp³-hybridized carbons (Fsp3) is 0.357. The fourth-order valence-electron chi connectivity index (χ4n) is 1.96. The van der Waals surface area contributed by atoms with Crippen LogP contribution in [0.5, 0.6) is 0 Å². The van der Waals surface area contributed by atoms with Gasteiger partial charge < -0.3 is 5.11 Å². The SMILES string of the molecule is Cn1cc(CCC(C)(O)c2cccc(Cl)c2)cn1. The van der Waals surface area contributed by atoms with Crippen molar-refractivity contribution < 1.29 is 5.11 Å². The second-order valence-corrected chi connectivity index (χ2v) is 5.24. The third-order valence-corrected chi connectivity index (χ3v) is 3.34. The summed E-state index contributed by atoms with van der Waals surface area (Å²) in [6.45, 7) is 1.81. The van der Waals surface area contributed by atoms with Gasteiger partial charge in [-0.1, -0.05) is 23.7 Å². The van der Waals surface area contributed by atoms with Crippen LogP contribution in [0.4, 0.5) is 0 Å². The molecule has 0 spiro atoms. The summed E-state index contributed by atoms with van der Waals surface area (Å²) in [5.74, 6) is 0. The van der Waals surface area contributed by atoms with Gasteiger partial charge >= 0.3 is 0 Å². The lowest BCUT2D eigenvalue weighted by Crippen LogP contribution is -2.21. The average Bonchev–Trinajstić information content (AvgIpc) is 2.73. The Bertz CT molecular complexity index is 534. The number of hydrogen-bond donors (Lipinski definition) is 1. The predicted molar refractivity (Wildman–Crippen MR) is 72.6 cm³/mol. The molecule has 0 aliphatic carbocycles. The first-order valence-corrected chi connectivity index (χ1v) is 6.31. The summed E-state index contributed by atoms with van der Waals surface area (Å²) in [4.78, 5) is 0. The van der Waals surface area contributed by atoms with Crippen molar-refractivity contribution in [3.05, 3.63) is 52.8 Å². The number of halogens is 1. The van der Waals surface area contributed by atoms with Crippen LogP contribution >= 0.6 is 11.6 Å². The summed E-state index contributed by atoms with van der Waals surface area (Å²) in [5.41, 5.74) is 1.10. The molecule has 3 nitrogen and oxygen atoms in total. The minimum Gasteiger partial charge on any atom is -0.385 e. The molecule has 96 valence electrons. The van der Waals surface area contributed by atoms with Gasteiger partial charge in [-0.05, 0) is 43.0 Å². The Balaban J connectivity index is 2.07. The number of benzene rings is 1. The van der Waals surface area contributed by atoms with Gasteiger partial charge in [-0.15, -0.1) is 0 Å². The lowest BCUT2D eigenvalue weighted by atomic mass is 9.90. The van der Waals surface area contributed by atoms with Crippen LogP contribution in [0.2, 0.25) is 5.02 Å². The molecule has 0 saturated heterocycles. The summed E-state index contributed by atoms with van der Waals surface area (Å²) in [5, 5.41) is 15.3. The standard InChI is InChI=1S/C14H17ClN2O/c1-14(18,12-4-3-5-13(15)8-12)7-6-11-9-16-17(2)10-11/h3-5,8-10,18H,6-7H2,1-2H3. The second-order valence-electron chi connectivity index (χ2n) is 4.81. The molecule has 0 aliphatic rings. The largest absolute Gasteiger partial charge is 0.385 e. The molecule has 1 N–H and O–H groups in total. The van der Waals surface area contributed by atoms with Crippen molar-refractivity contribution in [2.75, 3.05) is 0 Å². The average molecular weight is 265 g/mol. The van der Waals surface area contributed by atoms with Crippen molar-refractivity contribution >= 4 is 11.6 Å². The minimum absolute atomic E-state index is 0.638. The quantitative estimate of drug-likeness (QED) is 0.922.